The van der Waals surface area contributed by atoms with E-state index in [1.165, 1.54) is 0 Å². The van der Waals surface area contributed by atoms with Gasteiger partial charge in [-0.25, -0.2) is 13.1 Å². The zero-order valence-corrected chi connectivity index (χ0v) is 15.5. The van der Waals surface area contributed by atoms with Crippen LogP contribution in [-0.2, 0) is 21.2 Å². The minimum Gasteiger partial charge on any atom is -0.343 e. The van der Waals surface area contributed by atoms with Gasteiger partial charge in [0.25, 0.3) is 0 Å². The number of rotatable bonds is 7. The highest BCUT2D eigenvalue weighted by molar-refractivity contribution is 7.89. The molecule has 0 fully saturated rings. The molecule has 5 nitrogen and oxygen atoms in total. The number of aryl methyl sites for hydroxylation is 1. The maximum absolute atomic E-state index is 12.2. The van der Waals surface area contributed by atoms with Crippen molar-refractivity contribution in [3.05, 3.63) is 29.8 Å². The van der Waals surface area contributed by atoms with E-state index < -0.39 is 15.6 Å². The lowest BCUT2D eigenvalue weighted by atomic mass is 10.1. The molecule has 0 aliphatic rings. The second kappa shape index (κ2) is 7.93. The fraction of sp³-hybridized carbons (Fsp3) is 0.588. The van der Waals surface area contributed by atoms with Crippen molar-refractivity contribution in [1.82, 2.24) is 9.62 Å². The van der Waals surface area contributed by atoms with Gasteiger partial charge in [0.2, 0.25) is 15.9 Å². The van der Waals surface area contributed by atoms with Crippen LogP contribution in [0, 0.1) is 0 Å². The molecule has 0 aliphatic carbocycles. The first-order valence-corrected chi connectivity index (χ1v) is 9.48. The number of benzene rings is 1. The third-order valence-corrected chi connectivity index (χ3v) is 5.19. The van der Waals surface area contributed by atoms with E-state index in [1.54, 1.807) is 49.9 Å². The topological polar surface area (TPSA) is 66.5 Å². The van der Waals surface area contributed by atoms with Crippen molar-refractivity contribution in [1.29, 1.82) is 0 Å². The highest BCUT2D eigenvalue weighted by atomic mass is 32.2. The zero-order valence-electron chi connectivity index (χ0n) is 14.7. The predicted molar refractivity (Wildman–Crippen MR) is 92.8 cm³/mol. The molecule has 1 aromatic carbocycles. The fourth-order valence-electron chi connectivity index (χ4n) is 2.28. The van der Waals surface area contributed by atoms with E-state index in [2.05, 4.69) is 4.72 Å². The van der Waals surface area contributed by atoms with E-state index in [0.29, 0.717) is 25.9 Å². The lowest BCUT2D eigenvalue weighted by Gasteiger charge is -2.20. The number of nitrogens with zero attached hydrogens (tertiary/aromatic N) is 1. The van der Waals surface area contributed by atoms with Gasteiger partial charge in [0.05, 0.1) is 4.90 Å². The maximum atomic E-state index is 12.2. The summed E-state index contributed by atoms with van der Waals surface area (Å²) in [4.78, 5) is 14.0. The third kappa shape index (κ3) is 6.31. The zero-order chi connectivity index (χ0) is 17.7. The molecular weight excluding hydrogens is 312 g/mol. The van der Waals surface area contributed by atoms with Gasteiger partial charge >= 0.3 is 0 Å². The Morgan fingerprint density at radius 2 is 1.61 bits per heavy atom. The second-order valence-corrected chi connectivity index (χ2v) is 8.25. The predicted octanol–water partition coefficient (Wildman–Crippen LogP) is 2.56. The molecule has 0 heterocycles. The number of nitrogens with one attached hydrogen (secondary N) is 1. The van der Waals surface area contributed by atoms with Crippen LogP contribution in [0.1, 0.15) is 46.6 Å². The molecular formula is C17H28N2O3S. The summed E-state index contributed by atoms with van der Waals surface area (Å²) in [5, 5.41) is 0. The van der Waals surface area contributed by atoms with Crippen molar-refractivity contribution in [2.45, 2.75) is 57.9 Å². The summed E-state index contributed by atoms with van der Waals surface area (Å²) in [7, 11) is -3.51. The summed E-state index contributed by atoms with van der Waals surface area (Å²) >= 11 is 0. The van der Waals surface area contributed by atoms with Crippen molar-refractivity contribution in [3.63, 3.8) is 0 Å². The molecule has 23 heavy (non-hydrogen) atoms. The van der Waals surface area contributed by atoms with Gasteiger partial charge in [0.1, 0.15) is 0 Å². The van der Waals surface area contributed by atoms with Gasteiger partial charge in [-0.2, -0.15) is 0 Å². The number of hydrogen-bond acceptors (Lipinski definition) is 3. The van der Waals surface area contributed by atoms with Gasteiger partial charge in [0, 0.05) is 25.0 Å². The second-order valence-electron chi connectivity index (χ2n) is 6.57. The van der Waals surface area contributed by atoms with Gasteiger partial charge in [0.15, 0.2) is 0 Å². The molecule has 1 rings (SSSR count). The lowest BCUT2D eigenvalue weighted by Crippen LogP contribution is -2.40. The van der Waals surface area contributed by atoms with E-state index in [9.17, 15) is 13.2 Å². The Bertz CT molecular complexity index is 612. The first-order chi connectivity index (χ1) is 10.6. The summed E-state index contributed by atoms with van der Waals surface area (Å²) in [6.45, 7) is 10.8. The van der Waals surface area contributed by atoms with Crippen molar-refractivity contribution in [3.8, 4) is 0 Å². The molecule has 1 amide bonds. The van der Waals surface area contributed by atoms with Crippen LogP contribution < -0.4 is 4.72 Å². The van der Waals surface area contributed by atoms with Gasteiger partial charge in [-0.15, -0.1) is 0 Å². The molecule has 0 saturated carbocycles. The summed E-state index contributed by atoms with van der Waals surface area (Å²) in [6, 6.07) is 6.72. The number of amides is 1. The summed E-state index contributed by atoms with van der Waals surface area (Å²) < 4.78 is 27.1. The summed E-state index contributed by atoms with van der Waals surface area (Å²) in [6.07, 6.45) is 1.05. The first-order valence-electron chi connectivity index (χ1n) is 7.99. The van der Waals surface area contributed by atoms with Gasteiger partial charge in [-0.3, -0.25) is 4.79 Å². The molecule has 0 bridgehead atoms. The van der Waals surface area contributed by atoms with Crippen LogP contribution in [-0.4, -0.2) is 37.9 Å². The van der Waals surface area contributed by atoms with Crippen LogP contribution in [0.5, 0.6) is 0 Å². The van der Waals surface area contributed by atoms with Crippen LogP contribution >= 0.6 is 0 Å². The van der Waals surface area contributed by atoms with Crippen LogP contribution in [0.2, 0.25) is 0 Å². The van der Waals surface area contributed by atoms with Crippen molar-refractivity contribution < 1.29 is 13.2 Å². The van der Waals surface area contributed by atoms with E-state index in [1.807, 2.05) is 13.8 Å². The summed E-state index contributed by atoms with van der Waals surface area (Å²) in [5.41, 5.74) is 0.438. The monoisotopic (exact) mass is 340 g/mol. The number of carbonyl (C=O) groups excluding carboxylic acids is 1. The lowest BCUT2D eigenvalue weighted by molar-refractivity contribution is -0.130. The minimum atomic E-state index is -3.51. The van der Waals surface area contributed by atoms with E-state index in [0.717, 1.165) is 5.56 Å². The molecule has 0 unspecified atom stereocenters. The summed E-state index contributed by atoms with van der Waals surface area (Å²) in [5.74, 6) is 0.126. The molecule has 0 atom stereocenters. The smallest absolute Gasteiger partial charge is 0.241 e. The molecule has 0 aromatic heterocycles. The Morgan fingerprint density at radius 1 is 1.09 bits per heavy atom. The average molecular weight is 340 g/mol. The Hall–Kier alpha value is -1.40. The molecule has 0 spiro atoms. The Morgan fingerprint density at radius 3 is 2.04 bits per heavy atom. The van der Waals surface area contributed by atoms with Crippen molar-refractivity contribution in [2.75, 3.05) is 13.1 Å². The Labute approximate surface area is 140 Å². The highest BCUT2D eigenvalue weighted by Crippen LogP contribution is 2.15. The van der Waals surface area contributed by atoms with Gasteiger partial charge in [-0.05, 0) is 58.7 Å². The van der Waals surface area contributed by atoms with E-state index in [4.69, 9.17) is 0 Å². The van der Waals surface area contributed by atoms with E-state index >= 15 is 0 Å². The average Bonchev–Trinajstić information content (AvgIpc) is 2.44. The fourth-order valence-corrected chi connectivity index (χ4v) is 3.70. The number of hydrogen-bond donors (Lipinski definition) is 1. The first kappa shape index (κ1) is 19.6. The SMILES string of the molecule is CCN(CC)C(=O)CCc1ccc(S(=O)(=O)NC(C)(C)C)cc1. The molecule has 130 valence electrons. The third-order valence-electron chi connectivity index (χ3n) is 3.42. The number of carbonyl (C=O) groups is 1. The van der Waals surface area contributed by atoms with Gasteiger partial charge in [-0.1, -0.05) is 12.1 Å². The maximum Gasteiger partial charge on any atom is 0.241 e. The Kier molecular flexibility index (Phi) is 6.77. The molecule has 1 N–H and O–H groups in total. The van der Waals surface area contributed by atoms with E-state index in [-0.39, 0.29) is 10.8 Å². The van der Waals surface area contributed by atoms with Crippen LogP contribution in [0.25, 0.3) is 0 Å². The highest BCUT2D eigenvalue weighted by Gasteiger charge is 2.21. The minimum absolute atomic E-state index is 0.126. The standard InChI is InChI=1S/C17H28N2O3S/c1-6-19(7-2)16(20)13-10-14-8-11-15(12-9-14)23(21,22)18-17(3,4)5/h8-9,11-12,18H,6-7,10,13H2,1-5H3. The Balaban J connectivity index is 2.72. The number of sulfonamides is 1. The molecule has 0 saturated heterocycles. The van der Waals surface area contributed by atoms with Crippen molar-refractivity contribution >= 4 is 15.9 Å². The largest absolute Gasteiger partial charge is 0.343 e. The quantitative estimate of drug-likeness (QED) is 0.829. The molecule has 0 radical (unpaired) electrons. The van der Waals surface area contributed by atoms with Crippen molar-refractivity contribution in [2.24, 2.45) is 0 Å². The molecule has 6 heteroatoms. The normalized spacial score (nSPS) is 12.2. The molecule has 1 aromatic rings. The molecule has 0 aliphatic heterocycles. The van der Waals surface area contributed by atoms with Gasteiger partial charge < -0.3 is 4.90 Å². The van der Waals surface area contributed by atoms with Crippen LogP contribution in [0.15, 0.2) is 29.2 Å². The van der Waals surface area contributed by atoms with Crippen LogP contribution in [0.4, 0.5) is 0 Å². The van der Waals surface area contributed by atoms with Crippen LogP contribution in [0.3, 0.4) is 0 Å².